The first-order valence-corrected chi connectivity index (χ1v) is 7.76. The summed E-state index contributed by atoms with van der Waals surface area (Å²) in [6, 6.07) is 0.339. The van der Waals surface area contributed by atoms with Gasteiger partial charge in [0.05, 0.1) is 0 Å². The zero-order chi connectivity index (χ0) is 13.4. The van der Waals surface area contributed by atoms with Gasteiger partial charge in [0.25, 0.3) is 0 Å². The van der Waals surface area contributed by atoms with E-state index in [0.717, 1.165) is 37.6 Å². The summed E-state index contributed by atoms with van der Waals surface area (Å²) < 4.78 is 5.08. The Labute approximate surface area is 115 Å². The molecule has 1 aliphatic heterocycles. The van der Waals surface area contributed by atoms with Crippen molar-refractivity contribution in [3.63, 3.8) is 0 Å². The van der Waals surface area contributed by atoms with Gasteiger partial charge >= 0.3 is 0 Å². The second-order valence-electron chi connectivity index (χ2n) is 5.61. The predicted octanol–water partition coefficient (Wildman–Crippen LogP) is 1.26. The molecule has 106 valence electrons. The minimum absolute atomic E-state index is 0.0976. The minimum atomic E-state index is 0.0976. The van der Waals surface area contributed by atoms with Gasteiger partial charge in [0.2, 0.25) is 5.91 Å². The normalized spacial score (nSPS) is 20.7. The van der Waals surface area contributed by atoms with Crippen LogP contribution < -0.4 is 10.6 Å². The second kappa shape index (κ2) is 8.02. The lowest BCUT2D eigenvalue weighted by Gasteiger charge is -2.26. The maximum absolute atomic E-state index is 11.8. The standard InChI is InChI=1S/C13H26N2O2S/c1-13(2,4-6-17-3)10-15-12(16)8-11-9-18-7-5-14-11/h11,14H,4-10H2,1-3H3,(H,15,16). The van der Waals surface area contributed by atoms with E-state index in [1.165, 1.54) is 0 Å². The maximum Gasteiger partial charge on any atom is 0.221 e. The summed E-state index contributed by atoms with van der Waals surface area (Å²) in [5.41, 5.74) is 0.0976. The fraction of sp³-hybridized carbons (Fsp3) is 0.923. The summed E-state index contributed by atoms with van der Waals surface area (Å²) in [5.74, 6) is 2.35. The number of ether oxygens (including phenoxy) is 1. The van der Waals surface area contributed by atoms with E-state index < -0.39 is 0 Å². The molecule has 4 nitrogen and oxygen atoms in total. The molecule has 0 aromatic heterocycles. The molecule has 0 aromatic carbocycles. The lowest BCUT2D eigenvalue weighted by Crippen LogP contribution is -2.43. The van der Waals surface area contributed by atoms with Crippen molar-refractivity contribution in [2.45, 2.75) is 32.7 Å². The second-order valence-corrected chi connectivity index (χ2v) is 6.76. The smallest absolute Gasteiger partial charge is 0.221 e. The summed E-state index contributed by atoms with van der Waals surface area (Å²) in [4.78, 5) is 11.8. The van der Waals surface area contributed by atoms with Crippen molar-refractivity contribution < 1.29 is 9.53 Å². The summed E-state index contributed by atoms with van der Waals surface area (Å²) in [6.07, 6.45) is 1.55. The molecule has 0 aromatic rings. The van der Waals surface area contributed by atoms with E-state index in [1.807, 2.05) is 11.8 Å². The Kier molecular flexibility index (Phi) is 7.04. The van der Waals surface area contributed by atoms with Crippen LogP contribution in [0.15, 0.2) is 0 Å². The van der Waals surface area contributed by atoms with Gasteiger partial charge in [-0.05, 0) is 11.8 Å². The van der Waals surface area contributed by atoms with Crippen molar-refractivity contribution in [2.75, 3.05) is 38.3 Å². The number of thioether (sulfide) groups is 1. The number of carbonyl (C=O) groups is 1. The van der Waals surface area contributed by atoms with Crippen LogP contribution in [0.3, 0.4) is 0 Å². The Morgan fingerprint density at radius 3 is 2.94 bits per heavy atom. The third kappa shape index (κ3) is 6.61. The van der Waals surface area contributed by atoms with Crippen molar-refractivity contribution in [1.82, 2.24) is 10.6 Å². The molecule has 2 N–H and O–H groups in total. The zero-order valence-electron chi connectivity index (χ0n) is 11.8. The van der Waals surface area contributed by atoms with Gasteiger partial charge in [-0.3, -0.25) is 4.79 Å². The highest BCUT2D eigenvalue weighted by molar-refractivity contribution is 7.99. The van der Waals surface area contributed by atoms with Crippen LogP contribution in [-0.4, -0.2) is 50.3 Å². The van der Waals surface area contributed by atoms with Crippen LogP contribution in [-0.2, 0) is 9.53 Å². The lowest BCUT2D eigenvalue weighted by atomic mass is 9.89. The van der Waals surface area contributed by atoms with Gasteiger partial charge in [-0.15, -0.1) is 0 Å². The Hall–Kier alpha value is -0.260. The van der Waals surface area contributed by atoms with Crippen LogP contribution in [0.5, 0.6) is 0 Å². The van der Waals surface area contributed by atoms with E-state index in [2.05, 4.69) is 24.5 Å². The van der Waals surface area contributed by atoms with Gasteiger partial charge in [0, 0.05) is 50.8 Å². The molecule has 5 heteroatoms. The SMILES string of the molecule is COCCC(C)(C)CNC(=O)CC1CSCCN1. The topological polar surface area (TPSA) is 50.4 Å². The summed E-state index contributed by atoms with van der Waals surface area (Å²) in [6.45, 7) is 6.78. The molecule has 1 unspecified atom stereocenters. The average molecular weight is 274 g/mol. The van der Waals surface area contributed by atoms with Crippen LogP contribution >= 0.6 is 11.8 Å². The highest BCUT2D eigenvalue weighted by Crippen LogP contribution is 2.18. The molecule has 1 amide bonds. The van der Waals surface area contributed by atoms with Gasteiger partial charge < -0.3 is 15.4 Å². The molecule has 0 bridgehead atoms. The van der Waals surface area contributed by atoms with E-state index >= 15 is 0 Å². The van der Waals surface area contributed by atoms with E-state index in [-0.39, 0.29) is 11.3 Å². The highest BCUT2D eigenvalue weighted by Gasteiger charge is 2.20. The molecule has 1 atom stereocenters. The number of nitrogens with one attached hydrogen (secondary N) is 2. The Morgan fingerprint density at radius 2 is 2.33 bits per heavy atom. The summed E-state index contributed by atoms with van der Waals surface area (Å²) >= 11 is 1.92. The van der Waals surface area contributed by atoms with Crippen LogP contribution in [0, 0.1) is 5.41 Å². The van der Waals surface area contributed by atoms with Gasteiger partial charge in [-0.1, -0.05) is 13.8 Å². The molecule has 1 rings (SSSR count). The van der Waals surface area contributed by atoms with Crippen molar-refractivity contribution in [3.8, 4) is 0 Å². The molecule has 0 saturated carbocycles. The molecule has 0 radical (unpaired) electrons. The third-order valence-electron chi connectivity index (χ3n) is 3.18. The fourth-order valence-electron chi connectivity index (χ4n) is 1.85. The molecule has 1 aliphatic rings. The maximum atomic E-state index is 11.8. The first-order chi connectivity index (χ1) is 8.53. The number of hydrogen-bond acceptors (Lipinski definition) is 4. The molecule has 1 fully saturated rings. The molecule has 18 heavy (non-hydrogen) atoms. The third-order valence-corrected chi connectivity index (χ3v) is 4.31. The number of hydrogen-bond donors (Lipinski definition) is 2. The van der Waals surface area contributed by atoms with E-state index in [1.54, 1.807) is 7.11 Å². The Morgan fingerprint density at radius 1 is 1.56 bits per heavy atom. The zero-order valence-corrected chi connectivity index (χ0v) is 12.6. The molecule has 0 spiro atoms. The monoisotopic (exact) mass is 274 g/mol. The number of rotatable bonds is 7. The van der Waals surface area contributed by atoms with Crippen LogP contribution in [0.1, 0.15) is 26.7 Å². The van der Waals surface area contributed by atoms with Crippen molar-refractivity contribution >= 4 is 17.7 Å². The average Bonchev–Trinajstić information content (AvgIpc) is 2.36. The fourth-order valence-corrected chi connectivity index (χ4v) is 2.80. The minimum Gasteiger partial charge on any atom is -0.385 e. The Bertz CT molecular complexity index is 253. The molecular weight excluding hydrogens is 248 g/mol. The van der Waals surface area contributed by atoms with Gasteiger partial charge in [-0.2, -0.15) is 11.8 Å². The number of methoxy groups -OCH3 is 1. The lowest BCUT2D eigenvalue weighted by molar-refractivity contribution is -0.122. The van der Waals surface area contributed by atoms with E-state index in [9.17, 15) is 4.79 Å². The molecular formula is C13H26N2O2S. The summed E-state index contributed by atoms with van der Waals surface area (Å²) in [5, 5.41) is 6.42. The van der Waals surface area contributed by atoms with Crippen molar-refractivity contribution in [3.05, 3.63) is 0 Å². The van der Waals surface area contributed by atoms with E-state index in [4.69, 9.17) is 4.74 Å². The molecule has 1 heterocycles. The quantitative estimate of drug-likeness (QED) is 0.734. The van der Waals surface area contributed by atoms with Crippen molar-refractivity contribution in [2.24, 2.45) is 5.41 Å². The predicted molar refractivity (Wildman–Crippen MR) is 77.0 cm³/mol. The largest absolute Gasteiger partial charge is 0.385 e. The number of amides is 1. The van der Waals surface area contributed by atoms with Gasteiger partial charge in [-0.25, -0.2) is 0 Å². The van der Waals surface area contributed by atoms with E-state index in [0.29, 0.717) is 12.5 Å². The van der Waals surface area contributed by atoms with Crippen LogP contribution in [0.2, 0.25) is 0 Å². The number of carbonyl (C=O) groups excluding carboxylic acids is 1. The summed E-state index contributed by atoms with van der Waals surface area (Å²) in [7, 11) is 1.71. The van der Waals surface area contributed by atoms with Gasteiger partial charge in [0.1, 0.15) is 0 Å². The highest BCUT2D eigenvalue weighted by atomic mass is 32.2. The van der Waals surface area contributed by atoms with Gasteiger partial charge in [0.15, 0.2) is 0 Å². The Balaban J connectivity index is 2.19. The molecule has 0 aliphatic carbocycles. The first kappa shape index (κ1) is 15.8. The van der Waals surface area contributed by atoms with Crippen LogP contribution in [0.4, 0.5) is 0 Å². The van der Waals surface area contributed by atoms with Crippen molar-refractivity contribution in [1.29, 1.82) is 0 Å². The first-order valence-electron chi connectivity index (χ1n) is 6.60. The van der Waals surface area contributed by atoms with Crippen LogP contribution in [0.25, 0.3) is 0 Å². The molecule has 1 saturated heterocycles.